The first-order valence-electron chi connectivity index (χ1n) is 6.82. The van der Waals surface area contributed by atoms with Gasteiger partial charge in [-0.2, -0.15) is 0 Å². The van der Waals surface area contributed by atoms with Gasteiger partial charge in [0.2, 0.25) is 0 Å². The number of ether oxygens (including phenoxy) is 1. The molecule has 0 unspecified atom stereocenters. The summed E-state index contributed by atoms with van der Waals surface area (Å²) < 4.78 is 40.7. The largest absolute Gasteiger partial charge is 0.573 e. The molecule has 0 atom stereocenters. The van der Waals surface area contributed by atoms with Gasteiger partial charge in [0, 0.05) is 28.2 Å². The van der Waals surface area contributed by atoms with Gasteiger partial charge in [-0.05, 0) is 42.8 Å². The summed E-state index contributed by atoms with van der Waals surface area (Å²) in [5.74, 6) is -0.290. The molecule has 3 rings (SSSR count). The molecule has 23 heavy (non-hydrogen) atoms. The Morgan fingerprint density at radius 2 is 1.78 bits per heavy atom. The van der Waals surface area contributed by atoms with Crippen LogP contribution in [-0.4, -0.2) is 11.3 Å². The first-order chi connectivity index (χ1) is 10.8. The van der Waals surface area contributed by atoms with Crippen molar-refractivity contribution in [2.45, 2.75) is 13.3 Å². The summed E-state index contributed by atoms with van der Waals surface area (Å²) in [6.45, 7) is 1.66. The Hall–Kier alpha value is -2.76. The molecule has 0 saturated heterocycles. The SMILES string of the molecule is Cc1cc(OC(F)(F)F)ccc1-c1cc(=O)c2ccccc2[nH]1. The van der Waals surface area contributed by atoms with E-state index < -0.39 is 6.36 Å². The first-order valence-corrected chi connectivity index (χ1v) is 6.82. The maximum absolute atomic E-state index is 12.3. The highest BCUT2D eigenvalue weighted by atomic mass is 19.4. The summed E-state index contributed by atoms with van der Waals surface area (Å²) >= 11 is 0. The van der Waals surface area contributed by atoms with Crippen LogP contribution in [0.3, 0.4) is 0 Å². The molecule has 0 bridgehead atoms. The second-order valence-corrected chi connectivity index (χ2v) is 5.12. The topological polar surface area (TPSA) is 42.1 Å². The highest BCUT2D eigenvalue weighted by Gasteiger charge is 2.31. The second-order valence-electron chi connectivity index (χ2n) is 5.12. The zero-order valence-electron chi connectivity index (χ0n) is 12.1. The van der Waals surface area contributed by atoms with Gasteiger partial charge in [-0.25, -0.2) is 0 Å². The molecule has 0 aliphatic rings. The number of aryl methyl sites for hydroxylation is 1. The van der Waals surface area contributed by atoms with Crippen LogP contribution in [0.4, 0.5) is 13.2 Å². The van der Waals surface area contributed by atoms with Crippen molar-refractivity contribution in [2.75, 3.05) is 0 Å². The standard InChI is InChI=1S/C17H12F3NO2/c1-10-8-11(23-17(18,19)20)6-7-12(10)15-9-16(22)13-4-2-3-5-14(13)21-15/h2-9H,1H3,(H,21,22). The summed E-state index contributed by atoms with van der Waals surface area (Å²) in [5.41, 5.74) is 2.28. The molecular weight excluding hydrogens is 307 g/mol. The molecule has 6 heteroatoms. The molecule has 118 valence electrons. The number of H-pyrrole nitrogens is 1. The number of hydrogen-bond donors (Lipinski definition) is 1. The molecule has 1 N–H and O–H groups in total. The molecule has 2 aromatic carbocycles. The average molecular weight is 319 g/mol. The number of alkyl halides is 3. The number of aromatic nitrogens is 1. The van der Waals surface area contributed by atoms with Gasteiger partial charge in [-0.3, -0.25) is 4.79 Å². The molecule has 3 nitrogen and oxygen atoms in total. The van der Waals surface area contributed by atoms with Crippen molar-refractivity contribution in [2.24, 2.45) is 0 Å². The van der Waals surface area contributed by atoms with Gasteiger partial charge in [0.15, 0.2) is 5.43 Å². The molecule has 0 radical (unpaired) electrons. The fourth-order valence-electron chi connectivity index (χ4n) is 2.48. The Kier molecular flexibility index (Phi) is 3.60. The first kappa shape index (κ1) is 15.1. The predicted molar refractivity (Wildman–Crippen MR) is 81.4 cm³/mol. The van der Waals surface area contributed by atoms with Crippen LogP contribution in [0.25, 0.3) is 22.2 Å². The second kappa shape index (κ2) is 5.46. The summed E-state index contributed by atoms with van der Waals surface area (Å²) in [6.07, 6.45) is -4.73. The van der Waals surface area contributed by atoms with E-state index in [4.69, 9.17) is 0 Å². The molecule has 1 aromatic heterocycles. The normalized spacial score (nSPS) is 11.7. The van der Waals surface area contributed by atoms with Crippen molar-refractivity contribution in [3.05, 3.63) is 64.3 Å². The molecule has 0 saturated carbocycles. The number of halogens is 3. The number of rotatable bonds is 2. The van der Waals surface area contributed by atoms with Gasteiger partial charge in [-0.1, -0.05) is 12.1 Å². The number of benzene rings is 2. The zero-order chi connectivity index (χ0) is 16.6. The summed E-state index contributed by atoms with van der Waals surface area (Å²) in [4.78, 5) is 15.3. The van der Waals surface area contributed by atoms with E-state index in [1.807, 2.05) is 0 Å². The Bertz CT molecular complexity index is 929. The third-order valence-corrected chi connectivity index (χ3v) is 3.46. The number of para-hydroxylation sites is 1. The Labute approximate surface area is 129 Å². The van der Waals surface area contributed by atoms with E-state index in [2.05, 4.69) is 9.72 Å². The van der Waals surface area contributed by atoms with Crippen molar-refractivity contribution >= 4 is 10.9 Å². The Morgan fingerprint density at radius 3 is 2.48 bits per heavy atom. The predicted octanol–water partition coefficient (Wildman–Crippen LogP) is 4.40. The van der Waals surface area contributed by atoms with Crippen LogP contribution < -0.4 is 10.2 Å². The Balaban J connectivity index is 2.07. The van der Waals surface area contributed by atoms with E-state index in [-0.39, 0.29) is 11.2 Å². The molecule has 0 fully saturated rings. The number of pyridine rings is 1. The highest BCUT2D eigenvalue weighted by molar-refractivity contribution is 5.81. The van der Waals surface area contributed by atoms with Crippen LogP contribution in [0, 0.1) is 6.92 Å². The number of nitrogens with one attached hydrogen (secondary N) is 1. The Morgan fingerprint density at radius 1 is 1.04 bits per heavy atom. The lowest BCUT2D eigenvalue weighted by Gasteiger charge is -2.12. The van der Waals surface area contributed by atoms with Crippen molar-refractivity contribution in [1.29, 1.82) is 0 Å². The monoisotopic (exact) mass is 319 g/mol. The van der Waals surface area contributed by atoms with Gasteiger partial charge in [0.25, 0.3) is 0 Å². The van der Waals surface area contributed by atoms with Gasteiger partial charge in [0.05, 0.1) is 0 Å². The smallest absolute Gasteiger partial charge is 0.406 e. The van der Waals surface area contributed by atoms with E-state index in [0.29, 0.717) is 27.7 Å². The summed E-state index contributed by atoms with van der Waals surface area (Å²) in [5, 5.41) is 0.561. The number of fused-ring (bicyclic) bond motifs is 1. The molecule has 0 aliphatic carbocycles. The lowest BCUT2D eigenvalue weighted by atomic mass is 10.0. The minimum Gasteiger partial charge on any atom is -0.406 e. The maximum Gasteiger partial charge on any atom is 0.573 e. The molecule has 3 aromatic rings. The van der Waals surface area contributed by atoms with Crippen molar-refractivity contribution in [1.82, 2.24) is 4.98 Å². The maximum atomic E-state index is 12.3. The van der Waals surface area contributed by atoms with Gasteiger partial charge >= 0.3 is 6.36 Å². The van der Waals surface area contributed by atoms with Crippen LogP contribution >= 0.6 is 0 Å². The van der Waals surface area contributed by atoms with Gasteiger partial charge in [0.1, 0.15) is 5.75 Å². The number of hydrogen-bond acceptors (Lipinski definition) is 2. The molecule has 0 aliphatic heterocycles. The van der Waals surface area contributed by atoms with Crippen LogP contribution in [-0.2, 0) is 0 Å². The quantitative estimate of drug-likeness (QED) is 0.760. The minimum atomic E-state index is -4.73. The van der Waals surface area contributed by atoms with Crippen molar-refractivity contribution < 1.29 is 17.9 Å². The van der Waals surface area contributed by atoms with E-state index in [1.54, 1.807) is 31.2 Å². The third kappa shape index (κ3) is 3.21. The van der Waals surface area contributed by atoms with Crippen LogP contribution in [0.1, 0.15) is 5.56 Å². The lowest BCUT2D eigenvalue weighted by molar-refractivity contribution is -0.274. The fraction of sp³-hybridized carbons (Fsp3) is 0.118. The van der Waals surface area contributed by atoms with Gasteiger partial charge < -0.3 is 9.72 Å². The van der Waals surface area contributed by atoms with E-state index >= 15 is 0 Å². The van der Waals surface area contributed by atoms with Crippen molar-refractivity contribution in [3.63, 3.8) is 0 Å². The van der Waals surface area contributed by atoms with E-state index in [0.717, 1.165) is 0 Å². The molecule has 0 amide bonds. The molecule has 1 heterocycles. The van der Waals surface area contributed by atoms with Crippen LogP contribution in [0.15, 0.2) is 53.3 Å². The lowest BCUT2D eigenvalue weighted by Crippen LogP contribution is -2.17. The average Bonchev–Trinajstić information content (AvgIpc) is 2.45. The number of aromatic amines is 1. The van der Waals surface area contributed by atoms with Crippen LogP contribution in [0.5, 0.6) is 5.75 Å². The molecular formula is C17H12F3NO2. The summed E-state index contributed by atoms with van der Waals surface area (Å²) in [6, 6.07) is 12.5. The summed E-state index contributed by atoms with van der Waals surface area (Å²) in [7, 11) is 0. The third-order valence-electron chi connectivity index (χ3n) is 3.46. The van der Waals surface area contributed by atoms with Crippen LogP contribution in [0.2, 0.25) is 0 Å². The van der Waals surface area contributed by atoms with Gasteiger partial charge in [-0.15, -0.1) is 13.2 Å². The highest BCUT2D eigenvalue weighted by Crippen LogP contribution is 2.29. The minimum absolute atomic E-state index is 0.149. The zero-order valence-corrected chi connectivity index (χ0v) is 12.1. The van der Waals surface area contributed by atoms with E-state index in [1.165, 1.54) is 24.3 Å². The van der Waals surface area contributed by atoms with E-state index in [9.17, 15) is 18.0 Å². The fourth-order valence-corrected chi connectivity index (χ4v) is 2.48. The van der Waals surface area contributed by atoms with Crippen molar-refractivity contribution in [3.8, 4) is 17.0 Å². The molecule has 0 spiro atoms.